The highest BCUT2D eigenvalue weighted by Gasteiger charge is 2.31. The Labute approximate surface area is 89.4 Å². The number of amides is 1. The van der Waals surface area contributed by atoms with E-state index in [9.17, 15) is 18.0 Å². The highest BCUT2D eigenvalue weighted by molar-refractivity contribution is 9.09. The van der Waals surface area contributed by atoms with Gasteiger partial charge >= 0.3 is 6.18 Å². The molecule has 0 aliphatic rings. The largest absolute Gasteiger partial charge is 0.397 e. The molecule has 0 aromatic heterocycles. The summed E-state index contributed by atoms with van der Waals surface area (Å²) in [6.45, 7) is 1.69. The molecule has 0 fully saturated rings. The van der Waals surface area contributed by atoms with E-state index in [1.54, 1.807) is 6.92 Å². The van der Waals surface area contributed by atoms with Crippen LogP contribution in [0.3, 0.4) is 0 Å². The van der Waals surface area contributed by atoms with Crippen molar-refractivity contribution in [2.24, 2.45) is 0 Å². The summed E-state index contributed by atoms with van der Waals surface area (Å²) in [5, 5.41) is 3.08. The van der Waals surface area contributed by atoms with Gasteiger partial charge in [0.05, 0.1) is 0 Å². The Kier molecular flexibility index (Phi) is 6.15. The van der Waals surface area contributed by atoms with Crippen molar-refractivity contribution in [3.8, 4) is 0 Å². The molecule has 0 saturated carbocycles. The molecular formula is C8H13BrF3NO. The number of alkyl halides is 4. The van der Waals surface area contributed by atoms with Crippen LogP contribution in [0.15, 0.2) is 0 Å². The number of carbonyl (C=O) groups is 1. The fraction of sp³-hybridized carbons (Fsp3) is 0.875. The van der Waals surface area contributed by atoms with Crippen molar-refractivity contribution in [3.05, 3.63) is 0 Å². The van der Waals surface area contributed by atoms with Crippen LogP contribution in [-0.2, 0) is 4.79 Å². The van der Waals surface area contributed by atoms with Gasteiger partial charge in [-0.2, -0.15) is 13.2 Å². The molecule has 1 amide bonds. The molecule has 1 N–H and O–H groups in total. The number of nitrogens with one attached hydrogen (secondary N) is 1. The van der Waals surface area contributed by atoms with Crippen molar-refractivity contribution in [2.45, 2.75) is 38.4 Å². The molecule has 0 heterocycles. The summed E-state index contributed by atoms with van der Waals surface area (Å²) in [7, 11) is 0. The van der Waals surface area contributed by atoms with E-state index in [0.717, 1.165) is 11.8 Å². The zero-order valence-electron chi connectivity index (χ0n) is 7.83. The topological polar surface area (TPSA) is 29.1 Å². The second-order valence-corrected chi connectivity index (χ2v) is 3.88. The van der Waals surface area contributed by atoms with Crippen LogP contribution in [0.5, 0.6) is 0 Å². The quantitative estimate of drug-likeness (QED) is 0.768. The molecule has 6 heteroatoms. The Bertz CT molecular complexity index is 184. The highest BCUT2D eigenvalue weighted by atomic mass is 79.9. The van der Waals surface area contributed by atoms with Gasteiger partial charge in [-0.05, 0) is 19.8 Å². The van der Waals surface area contributed by atoms with Gasteiger partial charge in [0.2, 0.25) is 5.91 Å². The number of carbonyl (C=O) groups excluding carboxylic acids is 1. The van der Waals surface area contributed by atoms with Gasteiger partial charge in [-0.15, -0.1) is 0 Å². The fourth-order valence-electron chi connectivity index (χ4n) is 0.963. The van der Waals surface area contributed by atoms with Crippen LogP contribution in [0, 0.1) is 0 Å². The smallest absolute Gasteiger partial charge is 0.353 e. The second-order valence-electron chi connectivity index (χ2n) is 3.09. The minimum Gasteiger partial charge on any atom is -0.353 e. The molecule has 0 rings (SSSR count). The maximum Gasteiger partial charge on any atom is 0.397 e. The number of rotatable bonds is 5. The number of hydrogen-bond acceptors (Lipinski definition) is 1. The van der Waals surface area contributed by atoms with Crippen LogP contribution in [0.25, 0.3) is 0 Å². The third-order valence-electron chi connectivity index (χ3n) is 1.54. The first-order valence-electron chi connectivity index (χ1n) is 4.27. The molecule has 14 heavy (non-hydrogen) atoms. The minimum atomic E-state index is -4.42. The molecule has 0 bridgehead atoms. The Hall–Kier alpha value is -0.260. The van der Waals surface area contributed by atoms with Gasteiger partial charge in [0.15, 0.2) is 0 Å². The van der Waals surface area contributed by atoms with E-state index < -0.39 is 18.5 Å². The van der Waals surface area contributed by atoms with Gasteiger partial charge in [0.25, 0.3) is 0 Å². The molecule has 0 radical (unpaired) electrons. The summed E-state index contributed by atoms with van der Waals surface area (Å²) < 4.78 is 35.2. The first kappa shape index (κ1) is 13.7. The van der Waals surface area contributed by atoms with Crippen molar-refractivity contribution >= 4 is 21.8 Å². The van der Waals surface area contributed by atoms with E-state index in [1.807, 2.05) is 0 Å². The van der Waals surface area contributed by atoms with Crippen LogP contribution >= 0.6 is 15.9 Å². The fourth-order valence-corrected chi connectivity index (χ4v) is 1.29. The molecule has 0 saturated heterocycles. The summed E-state index contributed by atoms with van der Waals surface area (Å²) >= 11 is 3.20. The molecule has 0 aromatic carbocycles. The molecule has 1 atom stereocenters. The molecule has 0 aliphatic heterocycles. The Morgan fingerprint density at radius 1 is 1.50 bits per heavy atom. The predicted octanol–water partition coefficient (Wildman–Crippen LogP) is 2.62. The molecule has 0 aliphatic carbocycles. The van der Waals surface area contributed by atoms with Gasteiger partial charge in [-0.3, -0.25) is 4.79 Å². The van der Waals surface area contributed by atoms with Crippen molar-refractivity contribution in [2.75, 3.05) is 5.33 Å². The summed E-state index contributed by atoms with van der Waals surface area (Å²) in [6, 6.07) is -0.206. The number of halogens is 4. The maximum absolute atomic E-state index is 11.7. The first-order chi connectivity index (χ1) is 6.35. The van der Waals surface area contributed by atoms with E-state index >= 15 is 0 Å². The van der Waals surface area contributed by atoms with Gasteiger partial charge < -0.3 is 5.32 Å². The zero-order valence-corrected chi connectivity index (χ0v) is 9.41. The predicted molar refractivity (Wildman–Crippen MR) is 51.3 cm³/mol. The molecular weight excluding hydrogens is 263 g/mol. The lowest BCUT2D eigenvalue weighted by Gasteiger charge is -2.13. The maximum atomic E-state index is 11.7. The third-order valence-corrected chi connectivity index (χ3v) is 2.10. The Morgan fingerprint density at radius 3 is 2.50 bits per heavy atom. The Balaban J connectivity index is 3.71. The normalized spacial score (nSPS) is 13.8. The van der Waals surface area contributed by atoms with Gasteiger partial charge in [0.1, 0.15) is 6.42 Å². The molecule has 84 valence electrons. The van der Waals surface area contributed by atoms with E-state index in [1.165, 1.54) is 0 Å². The average Bonchev–Trinajstić information content (AvgIpc) is 1.96. The molecule has 0 spiro atoms. The zero-order chi connectivity index (χ0) is 11.2. The SMILES string of the molecule is CC(CCCBr)NC(=O)CC(F)(F)F. The standard InChI is InChI=1S/C8H13BrF3NO/c1-6(3-2-4-9)13-7(14)5-8(10,11)12/h6H,2-5H2,1H3,(H,13,14). The van der Waals surface area contributed by atoms with E-state index in [0.29, 0.717) is 6.42 Å². The van der Waals surface area contributed by atoms with Gasteiger partial charge in [-0.25, -0.2) is 0 Å². The van der Waals surface area contributed by atoms with Crippen LogP contribution in [0.2, 0.25) is 0 Å². The second kappa shape index (κ2) is 6.27. The van der Waals surface area contributed by atoms with Crippen molar-refractivity contribution in [1.82, 2.24) is 5.32 Å². The van der Waals surface area contributed by atoms with Gasteiger partial charge in [0, 0.05) is 11.4 Å². The Morgan fingerprint density at radius 2 is 2.07 bits per heavy atom. The van der Waals surface area contributed by atoms with E-state index in [2.05, 4.69) is 21.2 Å². The lowest BCUT2D eigenvalue weighted by atomic mass is 10.2. The monoisotopic (exact) mass is 275 g/mol. The van der Waals surface area contributed by atoms with E-state index in [4.69, 9.17) is 0 Å². The molecule has 1 unspecified atom stereocenters. The minimum absolute atomic E-state index is 0.206. The van der Waals surface area contributed by atoms with E-state index in [-0.39, 0.29) is 6.04 Å². The summed E-state index contributed by atoms with van der Waals surface area (Å²) in [5.41, 5.74) is 0. The van der Waals surface area contributed by atoms with Crippen LogP contribution in [-0.4, -0.2) is 23.5 Å². The van der Waals surface area contributed by atoms with Crippen molar-refractivity contribution in [1.29, 1.82) is 0 Å². The van der Waals surface area contributed by atoms with Gasteiger partial charge in [-0.1, -0.05) is 15.9 Å². The molecule has 0 aromatic rings. The first-order valence-corrected chi connectivity index (χ1v) is 5.39. The van der Waals surface area contributed by atoms with Crippen LogP contribution in [0.1, 0.15) is 26.2 Å². The van der Waals surface area contributed by atoms with Crippen LogP contribution < -0.4 is 5.32 Å². The highest BCUT2D eigenvalue weighted by Crippen LogP contribution is 2.19. The third kappa shape index (κ3) is 8.34. The lowest BCUT2D eigenvalue weighted by molar-refractivity contribution is -0.154. The summed E-state index contributed by atoms with van der Waals surface area (Å²) in [6.07, 6.45) is -4.31. The lowest BCUT2D eigenvalue weighted by Crippen LogP contribution is -2.35. The summed E-state index contributed by atoms with van der Waals surface area (Å²) in [4.78, 5) is 10.8. The van der Waals surface area contributed by atoms with Crippen molar-refractivity contribution in [3.63, 3.8) is 0 Å². The summed E-state index contributed by atoms with van der Waals surface area (Å²) in [5.74, 6) is -0.959. The van der Waals surface area contributed by atoms with Crippen LogP contribution in [0.4, 0.5) is 13.2 Å². The average molecular weight is 276 g/mol. The molecule has 2 nitrogen and oxygen atoms in total. The number of hydrogen-bond donors (Lipinski definition) is 1. The van der Waals surface area contributed by atoms with Crippen molar-refractivity contribution < 1.29 is 18.0 Å².